The van der Waals surface area contributed by atoms with Crippen LogP contribution in [-0.4, -0.2) is 25.2 Å². The van der Waals surface area contributed by atoms with Gasteiger partial charge >= 0.3 is 11.9 Å². The molecule has 0 saturated carbocycles. The molecule has 0 aromatic carbocycles. The van der Waals surface area contributed by atoms with Gasteiger partial charge in [0.05, 0.1) is 13.2 Å². The van der Waals surface area contributed by atoms with Crippen molar-refractivity contribution in [2.75, 3.05) is 13.2 Å². The fourth-order valence-corrected chi connectivity index (χ4v) is 2.05. The maximum absolute atomic E-state index is 12.3. The van der Waals surface area contributed by atoms with Gasteiger partial charge in [0.2, 0.25) is 0 Å². The van der Waals surface area contributed by atoms with Gasteiger partial charge in [-0.2, -0.15) is 0 Å². The Hall–Kier alpha value is -1.32. The minimum absolute atomic E-state index is 0.194. The van der Waals surface area contributed by atoms with Gasteiger partial charge in [-0.05, 0) is 39.5 Å². The normalized spacial score (nSPS) is 11.9. The van der Waals surface area contributed by atoms with Gasteiger partial charge in [0.25, 0.3) is 0 Å². The Morgan fingerprint density at radius 2 is 1.58 bits per heavy atom. The van der Waals surface area contributed by atoms with Gasteiger partial charge in [0.15, 0.2) is 5.41 Å². The Bertz CT molecular complexity index is 300. The van der Waals surface area contributed by atoms with E-state index < -0.39 is 17.4 Å². The number of hydrogen-bond donors (Lipinski definition) is 0. The molecule has 0 spiro atoms. The van der Waals surface area contributed by atoms with E-state index in [0.29, 0.717) is 12.8 Å². The molecule has 0 rings (SSSR count). The molecule has 0 aliphatic rings. The number of carbonyl (C=O) groups excluding carboxylic acids is 2. The van der Waals surface area contributed by atoms with E-state index in [0.717, 1.165) is 0 Å². The first-order valence-electron chi connectivity index (χ1n) is 6.90. The van der Waals surface area contributed by atoms with Crippen LogP contribution in [0.4, 0.5) is 0 Å². The van der Waals surface area contributed by atoms with Crippen LogP contribution in [0.3, 0.4) is 0 Å². The molecular weight excluding hydrogens is 244 g/mol. The summed E-state index contributed by atoms with van der Waals surface area (Å²) in [5, 5.41) is 0. The topological polar surface area (TPSA) is 52.6 Å². The summed E-state index contributed by atoms with van der Waals surface area (Å²) in [6.45, 7) is 9.79. The highest BCUT2D eigenvalue weighted by molar-refractivity contribution is 6.00. The van der Waals surface area contributed by atoms with E-state index in [-0.39, 0.29) is 19.1 Å². The molecule has 0 unspecified atom stereocenters. The fourth-order valence-electron chi connectivity index (χ4n) is 2.05. The van der Waals surface area contributed by atoms with E-state index in [1.165, 1.54) is 0 Å². The molecule has 0 radical (unpaired) electrons. The van der Waals surface area contributed by atoms with Crippen LogP contribution < -0.4 is 0 Å². The number of allylic oxidation sites excluding steroid dienone is 2. The first-order chi connectivity index (χ1) is 8.94. The summed E-state index contributed by atoms with van der Waals surface area (Å²) >= 11 is 0. The zero-order valence-electron chi connectivity index (χ0n) is 12.7. The Morgan fingerprint density at radius 3 is 1.89 bits per heavy atom. The van der Waals surface area contributed by atoms with Gasteiger partial charge in [0.1, 0.15) is 0 Å². The summed E-state index contributed by atoms with van der Waals surface area (Å²) in [6, 6.07) is 0. The minimum atomic E-state index is -1.22. The van der Waals surface area contributed by atoms with E-state index in [9.17, 15) is 9.59 Å². The second kappa shape index (κ2) is 8.73. The van der Waals surface area contributed by atoms with Gasteiger partial charge in [-0.1, -0.05) is 26.0 Å². The fraction of sp³-hybridized carbons (Fsp3) is 0.733. The van der Waals surface area contributed by atoms with Crippen LogP contribution in [0.1, 0.15) is 47.5 Å². The monoisotopic (exact) mass is 270 g/mol. The van der Waals surface area contributed by atoms with Gasteiger partial charge in [-0.25, -0.2) is 0 Å². The Morgan fingerprint density at radius 1 is 1.11 bits per heavy atom. The van der Waals surface area contributed by atoms with Crippen LogP contribution in [0.15, 0.2) is 12.2 Å². The SMILES string of the molecule is C/C=C/CC(CC(C)C)(C(=O)OCC)C(=O)OCC. The Balaban J connectivity index is 5.41. The number of rotatable bonds is 8. The van der Waals surface area contributed by atoms with Gasteiger partial charge in [-0.3, -0.25) is 9.59 Å². The largest absolute Gasteiger partial charge is 0.465 e. The molecule has 0 bridgehead atoms. The summed E-state index contributed by atoms with van der Waals surface area (Å²) in [7, 11) is 0. The third-order valence-corrected chi connectivity index (χ3v) is 2.79. The highest BCUT2D eigenvalue weighted by Crippen LogP contribution is 2.34. The highest BCUT2D eigenvalue weighted by Gasteiger charge is 2.48. The molecule has 0 aliphatic heterocycles. The Kier molecular flexibility index (Phi) is 8.12. The molecule has 0 aliphatic carbocycles. The Labute approximate surface area is 116 Å². The molecule has 0 fully saturated rings. The van der Waals surface area contributed by atoms with Crippen molar-refractivity contribution in [2.24, 2.45) is 11.3 Å². The average molecular weight is 270 g/mol. The summed E-state index contributed by atoms with van der Waals surface area (Å²) in [5.74, 6) is -0.778. The van der Waals surface area contributed by atoms with Crippen molar-refractivity contribution in [3.05, 3.63) is 12.2 Å². The molecule has 0 heterocycles. The molecular formula is C15H26O4. The van der Waals surface area contributed by atoms with Crippen molar-refractivity contribution in [1.82, 2.24) is 0 Å². The van der Waals surface area contributed by atoms with Gasteiger partial charge in [0, 0.05) is 0 Å². The molecule has 0 aromatic rings. The van der Waals surface area contributed by atoms with Crippen LogP contribution in [0, 0.1) is 11.3 Å². The zero-order valence-corrected chi connectivity index (χ0v) is 12.7. The van der Waals surface area contributed by atoms with Gasteiger partial charge in [-0.15, -0.1) is 0 Å². The molecule has 0 N–H and O–H groups in total. The molecule has 0 atom stereocenters. The lowest BCUT2D eigenvalue weighted by molar-refractivity contribution is -0.173. The third kappa shape index (κ3) is 5.05. The maximum Gasteiger partial charge on any atom is 0.323 e. The standard InChI is InChI=1S/C15H26O4/c1-6-9-10-15(11-12(4)5,13(16)18-7-2)14(17)19-8-3/h6,9,12H,7-8,10-11H2,1-5H3/b9-6+. The summed E-state index contributed by atoms with van der Waals surface area (Å²) in [5.41, 5.74) is -1.22. The molecule has 4 nitrogen and oxygen atoms in total. The van der Waals surface area contributed by atoms with Crippen molar-refractivity contribution < 1.29 is 19.1 Å². The first-order valence-corrected chi connectivity index (χ1v) is 6.90. The predicted octanol–water partition coefficient (Wildman–Crippen LogP) is 3.11. The van der Waals surface area contributed by atoms with E-state index >= 15 is 0 Å². The van der Waals surface area contributed by atoms with Crippen molar-refractivity contribution in [2.45, 2.75) is 47.5 Å². The van der Waals surface area contributed by atoms with E-state index in [4.69, 9.17) is 9.47 Å². The molecule has 110 valence electrons. The summed E-state index contributed by atoms with van der Waals surface area (Å²) in [6.07, 6.45) is 4.39. The van der Waals surface area contributed by atoms with Crippen molar-refractivity contribution in [1.29, 1.82) is 0 Å². The number of hydrogen-bond acceptors (Lipinski definition) is 4. The molecule has 0 aromatic heterocycles. The van der Waals surface area contributed by atoms with Crippen LogP contribution >= 0.6 is 0 Å². The lowest BCUT2D eigenvalue weighted by Crippen LogP contribution is -2.43. The van der Waals surface area contributed by atoms with E-state index in [1.54, 1.807) is 13.8 Å². The second-order valence-corrected chi connectivity index (χ2v) is 4.89. The number of ether oxygens (including phenoxy) is 2. The predicted molar refractivity (Wildman–Crippen MR) is 74.6 cm³/mol. The highest BCUT2D eigenvalue weighted by atomic mass is 16.6. The molecule has 19 heavy (non-hydrogen) atoms. The first kappa shape index (κ1) is 17.7. The summed E-state index contributed by atoms with van der Waals surface area (Å²) in [4.78, 5) is 24.5. The smallest absolute Gasteiger partial charge is 0.323 e. The average Bonchev–Trinajstić information content (AvgIpc) is 2.34. The van der Waals surface area contributed by atoms with Crippen LogP contribution in [0.2, 0.25) is 0 Å². The summed E-state index contributed by atoms with van der Waals surface area (Å²) < 4.78 is 10.2. The van der Waals surface area contributed by atoms with E-state index in [1.807, 2.05) is 32.9 Å². The maximum atomic E-state index is 12.3. The number of esters is 2. The van der Waals surface area contributed by atoms with Crippen molar-refractivity contribution in [3.63, 3.8) is 0 Å². The molecule has 4 heteroatoms. The van der Waals surface area contributed by atoms with Crippen molar-refractivity contribution in [3.8, 4) is 0 Å². The number of carbonyl (C=O) groups is 2. The van der Waals surface area contributed by atoms with Crippen LogP contribution in [0.25, 0.3) is 0 Å². The lowest BCUT2D eigenvalue weighted by Gasteiger charge is -2.29. The minimum Gasteiger partial charge on any atom is -0.465 e. The second-order valence-electron chi connectivity index (χ2n) is 4.89. The third-order valence-electron chi connectivity index (χ3n) is 2.79. The lowest BCUT2D eigenvalue weighted by atomic mass is 9.77. The van der Waals surface area contributed by atoms with Crippen LogP contribution in [0.5, 0.6) is 0 Å². The zero-order chi connectivity index (χ0) is 14.9. The van der Waals surface area contributed by atoms with Crippen molar-refractivity contribution >= 4 is 11.9 Å². The molecule has 0 amide bonds. The van der Waals surface area contributed by atoms with Crippen LogP contribution in [-0.2, 0) is 19.1 Å². The molecule has 0 saturated heterocycles. The van der Waals surface area contributed by atoms with E-state index in [2.05, 4.69) is 0 Å². The quantitative estimate of drug-likeness (QED) is 0.386. The van der Waals surface area contributed by atoms with Gasteiger partial charge < -0.3 is 9.47 Å².